The summed E-state index contributed by atoms with van der Waals surface area (Å²) >= 11 is 4.91. The van der Waals surface area contributed by atoms with Gasteiger partial charge in [0.05, 0.1) is 30.0 Å². The molecule has 0 aliphatic heterocycles. The van der Waals surface area contributed by atoms with E-state index >= 15 is 0 Å². The maximum Gasteiger partial charge on any atom is 0.253 e. The number of carbonyl (C=O) groups excluding carboxylic acids is 1. The Labute approximate surface area is 186 Å². The summed E-state index contributed by atoms with van der Waals surface area (Å²) < 4.78 is 7.14. The Kier molecular flexibility index (Phi) is 6.21. The maximum atomic E-state index is 13.1. The van der Waals surface area contributed by atoms with Gasteiger partial charge in [-0.1, -0.05) is 57.6 Å². The number of benzene rings is 3. The van der Waals surface area contributed by atoms with Gasteiger partial charge in [-0.2, -0.15) is 10.1 Å². The predicted molar refractivity (Wildman–Crippen MR) is 126 cm³/mol. The van der Waals surface area contributed by atoms with Crippen molar-refractivity contribution in [2.75, 3.05) is 12.1 Å². The summed E-state index contributed by atoms with van der Waals surface area (Å²) in [5, 5.41) is 6.41. The molecule has 1 heterocycles. The fourth-order valence-corrected chi connectivity index (χ4v) is 4.35. The lowest BCUT2D eigenvalue weighted by atomic mass is 10.1. The molecule has 0 unspecified atom stereocenters. The molecule has 0 saturated carbocycles. The molecule has 0 aliphatic carbocycles. The zero-order chi connectivity index (χ0) is 20.9. The summed E-state index contributed by atoms with van der Waals surface area (Å²) in [6, 6.07) is 23.0. The van der Waals surface area contributed by atoms with E-state index in [0.29, 0.717) is 5.13 Å². The van der Waals surface area contributed by atoms with Gasteiger partial charge in [-0.05, 0) is 53.6 Å². The van der Waals surface area contributed by atoms with Crippen molar-refractivity contribution in [3.8, 4) is 5.75 Å². The number of hydrogen-bond donors (Lipinski definition) is 0. The minimum Gasteiger partial charge on any atom is -0.497 e. The van der Waals surface area contributed by atoms with Crippen LogP contribution < -0.4 is 9.75 Å². The normalized spacial score (nSPS) is 11.1. The first-order valence-corrected chi connectivity index (χ1v) is 10.8. The number of fused-ring (bicyclic) bond motifs is 1. The third kappa shape index (κ3) is 4.75. The standard InChI is InChI=1S/C23H18BrN3O2S/c1-29-19-10-7-17(8-11-19)15-25-27(22(28)13-16-5-3-2-4-6-16)23-26-20-12-9-18(24)14-21(20)30-23/h2-12,14-15H,13H2,1H3/b25-15+. The average molecular weight is 480 g/mol. The van der Waals surface area contributed by atoms with Crippen LogP contribution in [-0.2, 0) is 11.2 Å². The first-order valence-electron chi connectivity index (χ1n) is 9.23. The lowest BCUT2D eigenvalue weighted by molar-refractivity contribution is -0.118. The minimum atomic E-state index is -0.149. The van der Waals surface area contributed by atoms with E-state index in [-0.39, 0.29) is 12.3 Å². The number of carbonyl (C=O) groups is 1. The lowest BCUT2D eigenvalue weighted by Crippen LogP contribution is -2.27. The summed E-state index contributed by atoms with van der Waals surface area (Å²) in [5.41, 5.74) is 2.61. The molecule has 4 rings (SSSR count). The third-order valence-electron chi connectivity index (χ3n) is 4.39. The smallest absolute Gasteiger partial charge is 0.253 e. The molecule has 0 atom stereocenters. The number of amides is 1. The van der Waals surface area contributed by atoms with Crippen molar-refractivity contribution < 1.29 is 9.53 Å². The monoisotopic (exact) mass is 479 g/mol. The summed E-state index contributed by atoms with van der Waals surface area (Å²) in [6.07, 6.45) is 1.89. The van der Waals surface area contributed by atoms with E-state index in [1.54, 1.807) is 13.3 Å². The van der Waals surface area contributed by atoms with E-state index < -0.39 is 0 Å². The molecular weight excluding hydrogens is 462 g/mol. The Balaban J connectivity index is 1.67. The molecule has 0 saturated heterocycles. The molecule has 7 heteroatoms. The van der Waals surface area contributed by atoms with Crippen molar-refractivity contribution in [3.05, 3.63) is 88.4 Å². The Morgan fingerprint density at radius 3 is 2.63 bits per heavy atom. The number of hydrogen-bond acceptors (Lipinski definition) is 5. The number of rotatable bonds is 6. The summed E-state index contributed by atoms with van der Waals surface area (Å²) in [6.45, 7) is 0. The van der Waals surface area contributed by atoms with Crippen LogP contribution in [0.4, 0.5) is 5.13 Å². The highest BCUT2D eigenvalue weighted by atomic mass is 79.9. The summed E-state index contributed by atoms with van der Waals surface area (Å²) in [7, 11) is 1.62. The van der Waals surface area contributed by atoms with Crippen LogP contribution in [0.25, 0.3) is 10.2 Å². The fourth-order valence-electron chi connectivity index (χ4n) is 2.86. The van der Waals surface area contributed by atoms with Gasteiger partial charge in [0.25, 0.3) is 5.91 Å². The highest BCUT2D eigenvalue weighted by Gasteiger charge is 2.19. The second kappa shape index (κ2) is 9.19. The van der Waals surface area contributed by atoms with Crippen molar-refractivity contribution >= 4 is 54.7 Å². The molecule has 3 aromatic carbocycles. The van der Waals surface area contributed by atoms with Gasteiger partial charge in [0.2, 0.25) is 5.13 Å². The van der Waals surface area contributed by atoms with Gasteiger partial charge < -0.3 is 4.74 Å². The quantitative estimate of drug-likeness (QED) is 0.264. The van der Waals surface area contributed by atoms with Gasteiger partial charge in [0.15, 0.2) is 0 Å². The SMILES string of the molecule is COc1ccc(/C=N/N(C(=O)Cc2ccccc2)c2nc3ccc(Br)cc3s2)cc1. The van der Waals surface area contributed by atoms with E-state index in [1.807, 2.05) is 72.8 Å². The van der Waals surface area contributed by atoms with E-state index in [0.717, 1.165) is 31.6 Å². The number of anilines is 1. The largest absolute Gasteiger partial charge is 0.497 e. The Hall–Kier alpha value is -3.03. The van der Waals surface area contributed by atoms with Crippen LogP contribution in [-0.4, -0.2) is 24.2 Å². The fraction of sp³-hybridized carbons (Fsp3) is 0.0870. The van der Waals surface area contributed by atoms with Crippen LogP contribution in [0.1, 0.15) is 11.1 Å². The second-order valence-electron chi connectivity index (χ2n) is 6.49. The van der Waals surface area contributed by atoms with Crippen LogP contribution in [0, 0.1) is 0 Å². The molecule has 1 amide bonds. The highest BCUT2D eigenvalue weighted by Crippen LogP contribution is 2.31. The van der Waals surface area contributed by atoms with Gasteiger partial charge in [0, 0.05) is 4.47 Å². The van der Waals surface area contributed by atoms with E-state index in [1.165, 1.54) is 16.3 Å². The molecule has 1 aromatic heterocycles. The molecule has 4 aromatic rings. The number of thiazole rings is 1. The van der Waals surface area contributed by atoms with Crippen molar-refractivity contribution in [2.24, 2.45) is 5.10 Å². The number of ether oxygens (including phenoxy) is 1. The van der Waals surface area contributed by atoms with E-state index in [9.17, 15) is 4.79 Å². The van der Waals surface area contributed by atoms with Crippen molar-refractivity contribution in [1.29, 1.82) is 0 Å². The van der Waals surface area contributed by atoms with Crippen LogP contribution in [0.5, 0.6) is 5.75 Å². The predicted octanol–water partition coefficient (Wildman–Crippen LogP) is 5.68. The molecule has 5 nitrogen and oxygen atoms in total. The topological polar surface area (TPSA) is 54.8 Å². The van der Waals surface area contributed by atoms with Gasteiger partial charge in [0.1, 0.15) is 5.75 Å². The van der Waals surface area contributed by atoms with Gasteiger partial charge >= 0.3 is 0 Å². The second-order valence-corrected chi connectivity index (χ2v) is 8.42. The van der Waals surface area contributed by atoms with Crippen molar-refractivity contribution in [1.82, 2.24) is 4.98 Å². The molecular formula is C23H18BrN3O2S. The average Bonchev–Trinajstić information content (AvgIpc) is 3.17. The van der Waals surface area contributed by atoms with Gasteiger partial charge in [-0.3, -0.25) is 4.79 Å². The van der Waals surface area contributed by atoms with Crippen LogP contribution in [0.15, 0.2) is 82.4 Å². The minimum absolute atomic E-state index is 0.149. The summed E-state index contributed by atoms with van der Waals surface area (Å²) in [4.78, 5) is 17.8. The molecule has 0 N–H and O–H groups in total. The molecule has 0 aliphatic rings. The zero-order valence-electron chi connectivity index (χ0n) is 16.2. The van der Waals surface area contributed by atoms with Gasteiger partial charge in [-0.15, -0.1) is 0 Å². The van der Waals surface area contributed by atoms with Crippen LogP contribution >= 0.6 is 27.3 Å². The summed E-state index contributed by atoms with van der Waals surface area (Å²) in [5.74, 6) is 0.616. The first kappa shape index (κ1) is 20.3. The van der Waals surface area contributed by atoms with Crippen molar-refractivity contribution in [2.45, 2.75) is 6.42 Å². The molecule has 0 radical (unpaired) electrons. The Morgan fingerprint density at radius 1 is 1.13 bits per heavy atom. The Bertz CT molecular complexity index is 1190. The number of methoxy groups -OCH3 is 1. The number of aromatic nitrogens is 1. The number of hydrazone groups is 1. The zero-order valence-corrected chi connectivity index (χ0v) is 18.6. The first-order chi connectivity index (χ1) is 14.6. The number of halogens is 1. The Morgan fingerprint density at radius 2 is 1.90 bits per heavy atom. The molecule has 0 fully saturated rings. The third-order valence-corrected chi connectivity index (χ3v) is 5.88. The van der Waals surface area contributed by atoms with Crippen LogP contribution in [0.2, 0.25) is 0 Å². The van der Waals surface area contributed by atoms with Crippen molar-refractivity contribution in [3.63, 3.8) is 0 Å². The molecule has 0 bridgehead atoms. The number of nitrogens with zero attached hydrogens (tertiary/aromatic N) is 3. The van der Waals surface area contributed by atoms with Crippen LogP contribution in [0.3, 0.4) is 0 Å². The highest BCUT2D eigenvalue weighted by molar-refractivity contribution is 9.10. The lowest BCUT2D eigenvalue weighted by Gasteiger charge is -2.14. The van der Waals surface area contributed by atoms with Gasteiger partial charge in [-0.25, -0.2) is 4.98 Å². The maximum absolute atomic E-state index is 13.1. The van der Waals surface area contributed by atoms with E-state index in [4.69, 9.17) is 4.74 Å². The van der Waals surface area contributed by atoms with E-state index in [2.05, 4.69) is 26.0 Å². The molecule has 150 valence electrons. The molecule has 30 heavy (non-hydrogen) atoms. The molecule has 0 spiro atoms.